The zero-order chi connectivity index (χ0) is 22.5. The summed E-state index contributed by atoms with van der Waals surface area (Å²) in [6.07, 6.45) is 0. The Morgan fingerprint density at radius 2 is 1.84 bits per heavy atom. The van der Waals surface area contributed by atoms with Gasteiger partial charge in [-0.15, -0.1) is 10.2 Å². The number of carbonyl (C=O) groups is 1. The minimum Gasteiger partial charge on any atom is -0.497 e. The van der Waals surface area contributed by atoms with Crippen LogP contribution in [0.1, 0.15) is 5.56 Å². The van der Waals surface area contributed by atoms with Gasteiger partial charge in [-0.1, -0.05) is 29.8 Å². The van der Waals surface area contributed by atoms with Crippen LogP contribution in [-0.4, -0.2) is 60.9 Å². The van der Waals surface area contributed by atoms with Crippen LogP contribution in [0.2, 0.25) is 5.02 Å². The van der Waals surface area contributed by atoms with Crippen molar-refractivity contribution in [1.29, 1.82) is 0 Å². The van der Waals surface area contributed by atoms with E-state index in [0.717, 1.165) is 28.4 Å². The molecule has 0 aliphatic carbocycles. The Labute approximate surface area is 192 Å². The Morgan fingerprint density at radius 1 is 1.03 bits per heavy atom. The lowest BCUT2D eigenvalue weighted by molar-refractivity contribution is -0.133. The Morgan fingerprint density at radius 3 is 2.56 bits per heavy atom. The molecule has 0 unspecified atom stereocenters. The molecule has 0 spiro atoms. The molecule has 0 radical (unpaired) electrons. The Balaban J connectivity index is 1.31. The molecule has 1 aromatic heterocycles. The van der Waals surface area contributed by atoms with E-state index in [2.05, 4.69) is 15.1 Å². The third-order valence-electron chi connectivity index (χ3n) is 5.41. The zero-order valence-corrected chi connectivity index (χ0v) is 18.9. The number of aromatic nitrogens is 2. The van der Waals surface area contributed by atoms with Gasteiger partial charge in [0.15, 0.2) is 12.4 Å². The van der Waals surface area contributed by atoms with Gasteiger partial charge in [-0.05, 0) is 48.9 Å². The minimum atomic E-state index is -0.0540. The highest BCUT2D eigenvalue weighted by Crippen LogP contribution is 2.26. The third kappa shape index (κ3) is 5.11. The second-order valence-corrected chi connectivity index (χ2v) is 8.01. The van der Waals surface area contributed by atoms with E-state index in [4.69, 9.17) is 21.1 Å². The van der Waals surface area contributed by atoms with E-state index < -0.39 is 0 Å². The molecule has 8 heteroatoms. The number of nitrogens with zero attached hydrogens (tertiary/aromatic N) is 4. The van der Waals surface area contributed by atoms with Crippen LogP contribution in [0.15, 0.2) is 54.6 Å². The van der Waals surface area contributed by atoms with Crippen molar-refractivity contribution in [2.45, 2.75) is 6.92 Å². The van der Waals surface area contributed by atoms with Crippen molar-refractivity contribution in [2.75, 3.05) is 44.8 Å². The van der Waals surface area contributed by atoms with E-state index >= 15 is 0 Å². The fraction of sp³-hybridized carbons (Fsp3) is 0.292. The van der Waals surface area contributed by atoms with Crippen LogP contribution >= 0.6 is 11.6 Å². The number of ether oxygens (including phenoxy) is 2. The Kier molecular flexibility index (Phi) is 6.75. The van der Waals surface area contributed by atoms with Gasteiger partial charge in [-0.2, -0.15) is 0 Å². The molecule has 0 N–H and O–H groups in total. The lowest BCUT2D eigenvalue weighted by Gasteiger charge is -2.35. The average molecular weight is 453 g/mol. The normalized spacial score (nSPS) is 13.7. The predicted octanol–water partition coefficient (Wildman–Crippen LogP) is 3.84. The average Bonchev–Trinajstić information content (AvgIpc) is 2.84. The second-order valence-electron chi connectivity index (χ2n) is 7.60. The van der Waals surface area contributed by atoms with Crippen molar-refractivity contribution >= 4 is 23.3 Å². The summed E-state index contributed by atoms with van der Waals surface area (Å²) in [7, 11) is 1.64. The van der Waals surface area contributed by atoms with Crippen molar-refractivity contribution in [3.63, 3.8) is 0 Å². The third-order valence-corrected chi connectivity index (χ3v) is 5.72. The number of hydrogen-bond donors (Lipinski definition) is 0. The summed E-state index contributed by atoms with van der Waals surface area (Å²) < 4.78 is 10.9. The van der Waals surface area contributed by atoms with Crippen LogP contribution in [0, 0.1) is 6.92 Å². The van der Waals surface area contributed by atoms with Crippen LogP contribution in [-0.2, 0) is 4.79 Å². The van der Waals surface area contributed by atoms with Crippen LogP contribution in [0.4, 0.5) is 5.82 Å². The molecule has 2 heterocycles. The highest BCUT2D eigenvalue weighted by Gasteiger charge is 2.22. The van der Waals surface area contributed by atoms with Gasteiger partial charge in [-0.25, -0.2) is 0 Å². The summed E-state index contributed by atoms with van der Waals surface area (Å²) >= 11 is 6.14. The van der Waals surface area contributed by atoms with E-state index in [9.17, 15) is 4.79 Å². The topological polar surface area (TPSA) is 67.8 Å². The van der Waals surface area contributed by atoms with E-state index in [-0.39, 0.29) is 12.5 Å². The molecule has 1 saturated heterocycles. The maximum Gasteiger partial charge on any atom is 0.260 e. The fourth-order valence-corrected chi connectivity index (χ4v) is 3.74. The molecule has 1 aliphatic heterocycles. The molecule has 3 aromatic rings. The highest BCUT2D eigenvalue weighted by molar-refractivity contribution is 6.32. The maximum atomic E-state index is 12.6. The number of piperazine rings is 1. The summed E-state index contributed by atoms with van der Waals surface area (Å²) in [5.74, 6) is 2.06. The molecule has 0 saturated carbocycles. The van der Waals surface area contributed by atoms with Crippen molar-refractivity contribution in [1.82, 2.24) is 15.1 Å². The van der Waals surface area contributed by atoms with Gasteiger partial charge in [0.25, 0.3) is 5.91 Å². The van der Waals surface area contributed by atoms with E-state index in [1.165, 1.54) is 0 Å². The number of aryl methyl sites for hydroxylation is 1. The summed E-state index contributed by atoms with van der Waals surface area (Å²) in [5.41, 5.74) is 2.77. The molecule has 1 fully saturated rings. The van der Waals surface area contributed by atoms with Crippen LogP contribution in [0.25, 0.3) is 11.3 Å². The van der Waals surface area contributed by atoms with Gasteiger partial charge in [0.1, 0.15) is 11.5 Å². The van der Waals surface area contributed by atoms with Crippen molar-refractivity contribution in [3.8, 4) is 22.8 Å². The number of carbonyl (C=O) groups excluding carboxylic acids is 1. The van der Waals surface area contributed by atoms with Crippen molar-refractivity contribution < 1.29 is 14.3 Å². The molecule has 0 atom stereocenters. The lowest BCUT2D eigenvalue weighted by atomic mass is 10.1. The molecule has 32 heavy (non-hydrogen) atoms. The molecule has 0 bridgehead atoms. The summed E-state index contributed by atoms with van der Waals surface area (Å²) in [6, 6.07) is 17.2. The molecular formula is C24H25ClN4O3. The van der Waals surface area contributed by atoms with Crippen molar-refractivity contribution in [3.05, 3.63) is 65.2 Å². The Bertz CT molecular complexity index is 1080. The molecule has 7 nitrogen and oxygen atoms in total. The first-order valence-corrected chi connectivity index (χ1v) is 10.8. The SMILES string of the molecule is COc1cccc(-c2ccc(N3CCN(C(=O)COc4cc(C)ccc4Cl)CC3)nn2)c1. The fourth-order valence-electron chi connectivity index (χ4n) is 3.57. The lowest BCUT2D eigenvalue weighted by Crippen LogP contribution is -2.50. The van der Waals surface area contributed by atoms with Gasteiger partial charge in [-0.3, -0.25) is 4.79 Å². The summed E-state index contributed by atoms with van der Waals surface area (Å²) in [6.45, 7) is 4.49. The summed E-state index contributed by atoms with van der Waals surface area (Å²) in [4.78, 5) is 16.5. The van der Waals surface area contributed by atoms with Crippen LogP contribution in [0.5, 0.6) is 11.5 Å². The standard InChI is InChI=1S/C24H25ClN4O3/c1-17-6-7-20(25)22(14-17)32-16-24(30)29-12-10-28(11-13-29)23-9-8-21(26-27-23)18-4-3-5-19(15-18)31-2/h3-9,14-15H,10-13,16H2,1-2H3. The van der Waals surface area contributed by atoms with Gasteiger partial charge in [0.05, 0.1) is 17.8 Å². The van der Waals surface area contributed by atoms with Crippen molar-refractivity contribution in [2.24, 2.45) is 0 Å². The highest BCUT2D eigenvalue weighted by atomic mass is 35.5. The van der Waals surface area contributed by atoms with Crippen LogP contribution < -0.4 is 14.4 Å². The second kappa shape index (κ2) is 9.87. The monoisotopic (exact) mass is 452 g/mol. The number of methoxy groups -OCH3 is 1. The minimum absolute atomic E-state index is 0.0295. The number of anilines is 1. The van der Waals surface area contributed by atoms with E-state index in [1.807, 2.05) is 55.5 Å². The van der Waals surface area contributed by atoms with Gasteiger partial charge >= 0.3 is 0 Å². The van der Waals surface area contributed by atoms with Gasteiger partial charge in [0.2, 0.25) is 0 Å². The first-order chi connectivity index (χ1) is 15.5. The van der Waals surface area contributed by atoms with E-state index in [1.54, 1.807) is 18.1 Å². The first kappa shape index (κ1) is 21.9. The largest absolute Gasteiger partial charge is 0.497 e. The van der Waals surface area contributed by atoms with E-state index in [0.29, 0.717) is 37.0 Å². The number of rotatable bonds is 6. The molecule has 166 valence electrons. The van der Waals surface area contributed by atoms with Gasteiger partial charge in [0, 0.05) is 31.7 Å². The number of benzene rings is 2. The number of hydrogen-bond acceptors (Lipinski definition) is 6. The zero-order valence-electron chi connectivity index (χ0n) is 18.1. The molecular weight excluding hydrogens is 428 g/mol. The Hall–Kier alpha value is -3.32. The maximum absolute atomic E-state index is 12.6. The first-order valence-electron chi connectivity index (χ1n) is 10.4. The quantitative estimate of drug-likeness (QED) is 0.566. The molecule has 1 amide bonds. The smallest absolute Gasteiger partial charge is 0.260 e. The number of amides is 1. The molecule has 1 aliphatic rings. The predicted molar refractivity (Wildman–Crippen MR) is 124 cm³/mol. The number of halogens is 1. The summed E-state index contributed by atoms with van der Waals surface area (Å²) in [5, 5.41) is 9.27. The van der Waals surface area contributed by atoms with Gasteiger partial charge < -0.3 is 19.3 Å². The molecule has 2 aromatic carbocycles. The molecule has 4 rings (SSSR count). The van der Waals surface area contributed by atoms with Crippen LogP contribution in [0.3, 0.4) is 0 Å².